The van der Waals surface area contributed by atoms with Gasteiger partial charge in [0.15, 0.2) is 0 Å². The molecule has 10 heteroatoms. The molecule has 0 atom stereocenters. The predicted octanol–water partition coefficient (Wildman–Crippen LogP) is 0.178. The average Bonchev–Trinajstić information content (AvgIpc) is 2.95. The molecule has 0 spiro atoms. The van der Waals surface area contributed by atoms with E-state index in [9.17, 15) is 16.8 Å². The van der Waals surface area contributed by atoms with Crippen LogP contribution in [0.15, 0.2) is 40.0 Å². The molecule has 8 nitrogen and oxygen atoms in total. The van der Waals surface area contributed by atoms with Gasteiger partial charge in [-0.05, 0) is 12.0 Å². The second-order valence-corrected chi connectivity index (χ2v) is 8.75. The molecule has 23 heavy (non-hydrogen) atoms. The fourth-order valence-corrected chi connectivity index (χ4v) is 3.27. The molecule has 1 aromatic carbocycles. The molecule has 0 saturated carbocycles. The molecule has 1 N–H and O–H groups in total. The highest BCUT2D eigenvalue weighted by Gasteiger charge is 2.17. The molecule has 0 bridgehead atoms. The van der Waals surface area contributed by atoms with Gasteiger partial charge >= 0.3 is 5.22 Å². The number of aryl methyl sites for hydroxylation is 1. The first kappa shape index (κ1) is 17.6. The van der Waals surface area contributed by atoms with E-state index in [4.69, 9.17) is 4.42 Å². The number of rotatable bonds is 8. The van der Waals surface area contributed by atoms with Gasteiger partial charge in [-0.25, -0.2) is 21.6 Å². The van der Waals surface area contributed by atoms with Crippen molar-refractivity contribution in [2.24, 2.45) is 0 Å². The smallest absolute Gasteiger partial charge is 0.335 e. The van der Waals surface area contributed by atoms with Crippen LogP contribution in [0.1, 0.15) is 11.5 Å². The third kappa shape index (κ3) is 5.73. The molecule has 0 saturated heterocycles. The van der Waals surface area contributed by atoms with E-state index < -0.39 is 25.1 Å². The van der Waals surface area contributed by atoms with Gasteiger partial charge in [-0.15, -0.1) is 5.10 Å². The summed E-state index contributed by atoms with van der Waals surface area (Å²) >= 11 is 0. The Balaban J connectivity index is 1.82. The van der Waals surface area contributed by atoms with Crippen molar-refractivity contribution in [3.63, 3.8) is 0 Å². The first-order valence-corrected chi connectivity index (χ1v) is 10.3. The van der Waals surface area contributed by atoms with Crippen LogP contribution in [-0.2, 0) is 32.7 Å². The number of sulfone groups is 1. The van der Waals surface area contributed by atoms with Crippen LogP contribution in [0, 0.1) is 0 Å². The minimum Gasteiger partial charge on any atom is -0.412 e. The number of aromatic nitrogens is 2. The van der Waals surface area contributed by atoms with Gasteiger partial charge in [-0.3, -0.25) is 0 Å². The van der Waals surface area contributed by atoms with Crippen LogP contribution >= 0.6 is 0 Å². The molecule has 0 aliphatic rings. The first-order chi connectivity index (χ1) is 10.8. The molecule has 2 aromatic rings. The summed E-state index contributed by atoms with van der Waals surface area (Å²) < 4.78 is 53.5. The van der Waals surface area contributed by atoms with Crippen molar-refractivity contribution in [3.05, 3.63) is 41.8 Å². The van der Waals surface area contributed by atoms with E-state index in [0.717, 1.165) is 11.8 Å². The van der Waals surface area contributed by atoms with Crippen LogP contribution in [0.3, 0.4) is 0 Å². The van der Waals surface area contributed by atoms with E-state index in [2.05, 4.69) is 14.9 Å². The summed E-state index contributed by atoms with van der Waals surface area (Å²) in [4.78, 5) is 0. The molecule has 126 valence electrons. The highest BCUT2D eigenvalue weighted by Crippen LogP contribution is 2.07. The van der Waals surface area contributed by atoms with Crippen LogP contribution in [0.25, 0.3) is 0 Å². The van der Waals surface area contributed by atoms with Gasteiger partial charge in [-0.2, -0.15) is 0 Å². The molecule has 2 rings (SSSR count). The maximum absolute atomic E-state index is 11.9. The van der Waals surface area contributed by atoms with E-state index >= 15 is 0 Å². The summed E-state index contributed by atoms with van der Waals surface area (Å²) in [5.74, 6) is 0.0336. The third-order valence-electron chi connectivity index (χ3n) is 2.93. The predicted molar refractivity (Wildman–Crippen MR) is 83.0 cm³/mol. The maximum atomic E-state index is 11.9. The quantitative estimate of drug-likeness (QED) is 0.714. The van der Waals surface area contributed by atoms with E-state index in [1.54, 1.807) is 0 Å². The fraction of sp³-hybridized carbons (Fsp3) is 0.385. The Labute approximate surface area is 134 Å². The Morgan fingerprint density at radius 3 is 2.35 bits per heavy atom. The zero-order valence-corrected chi connectivity index (χ0v) is 14.1. The summed E-state index contributed by atoms with van der Waals surface area (Å²) in [5, 5.41) is 6.49. The van der Waals surface area contributed by atoms with Gasteiger partial charge < -0.3 is 4.42 Å². The third-order valence-corrected chi connectivity index (χ3v) is 5.11. The molecule has 0 unspecified atom stereocenters. The molecule has 1 heterocycles. The van der Waals surface area contributed by atoms with Crippen LogP contribution in [0.2, 0.25) is 0 Å². The lowest BCUT2D eigenvalue weighted by Gasteiger charge is -2.05. The summed E-state index contributed by atoms with van der Waals surface area (Å²) in [6.45, 7) is 0.0581. The van der Waals surface area contributed by atoms with E-state index in [1.165, 1.54) is 0 Å². The number of nitrogens with one attached hydrogen (secondary N) is 1. The lowest BCUT2D eigenvalue weighted by atomic mass is 10.2. The van der Waals surface area contributed by atoms with Crippen molar-refractivity contribution in [2.75, 3.05) is 18.6 Å². The van der Waals surface area contributed by atoms with Gasteiger partial charge in [0, 0.05) is 19.2 Å². The number of benzene rings is 1. The summed E-state index contributed by atoms with van der Waals surface area (Å²) in [6, 6.07) is 9.29. The van der Waals surface area contributed by atoms with Crippen molar-refractivity contribution in [1.29, 1.82) is 0 Å². The number of nitrogens with zero attached hydrogens (tertiary/aromatic N) is 2. The maximum Gasteiger partial charge on any atom is 0.335 e. The molecule has 0 radical (unpaired) electrons. The first-order valence-electron chi connectivity index (χ1n) is 6.80. The molecule has 0 aliphatic heterocycles. The van der Waals surface area contributed by atoms with Crippen LogP contribution in [-0.4, -0.2) is 45.6 Å². The van der Waals surface area contributed by atoms with Gasteiger partial charge in [0.2, 0.25) is 25.8 Å². The van der Waals surface area contributed by atoms with Crippen molar-refractivity contribution in [2.45, 2.75) is 18.1 Å². The van der Waals surface area contributed by atoms with Crippen molar-refractivity contribution in [1.82, 2.24) is 14.9 Å². The minimum atomic E-state index is -3.55. The Bertz CT molecular complexity index is 845. The molecule has 0 amide bonds. The number of hydrogen-bond acceptors (Lipinski definition) is 7. The highest BCUT2D eigenvalue weighted by molar-refractivity contribution is 7.90. The van der Waals surface area contributed by atoms with Gasteiger partial charge in [-0.1, -0.05) is 35.4 Å². The summed E-state index contributed by atoms with van der Waals surface area (Å²) in [7, 11) is -6.98. The van der Waals surface area contributed by atoms with Gasteiger partial charge in [0.1, 0.15) is 0 Å². The Morgan fingerprint density at radius 1 is 1.04 bits per heavy atom. The zero-order valence-electron chi connectivity index (χ0n) is 12.5. The fourth-order valence-electron chi connectivity index (χ4n) is 1.77. The van der Waals surface area contributed by atoms with Crippen LogP contribution < -0.4 is 4.72 Å². The van der Waals surface area contributed by atoms with Gasteiger partial charge in [0.05, 0.1) is 5.75 Å². The standard InChI is InChI=1S/C13H17N3O5S2/c1-22(17,18)13-16-15-12(21-13)7-9-14-23(19,20)10-8-11-5-3-2-4-6-11/h2-6,14H,7-10H2,1H3. The Morgan fingerprint density at radius 2 is 1.74 bits per heavy atom. The number of hydrogen-bond donors (Lipinski definition) is 1. The van der Waals surface area contributed by atoms with Gasteiger partial charge in [0.25, 0.3) is 0 Å². The minimum absolute atomic E-state index is 0.0323. The van der Waals surface area contributed by atoms with Crippen molar-refractivity contribution in [3.8, 4) is 0 Å². The molecular weight excluding hydrogens is 342 g/mol. The summed E-state index contributed by atoms with van der Waals surface area (Å²) in [6.07, 6.45) is 1.48. The Hall–Kier alpha value is -1.78. The lowest BCUT2D eigenvalue weighted by Crippen LogP contribution is -2.29. The molecule has 0 fully saturated rings. The second-order valence-electron chi connectivity index (χ2n) is 4.93. The number of sulfonamides is 1. The molecule has 1 aromatic heterocycles. The highest BCUT2D eigenvalue weighted by atomic mass is 32.2. The van der Waals surface area contributed by atoms with E-state index in [-0.39, 0.29) is 24.6 Å². The van der Waals surface area contributed by atoms with Crippen molar-refractivity contribution >= 4 is 19.9 Å². The summed E-state index contributed by atoms with van der Waals surface area (Å²) in [5.41, 5.74) is 0.938. The lowest BCUT2D eigenvalue weighted by molar-refractivity contribution is 0.397. The second kappa shape index (κ2) is 7.20. The zero-order chi connectivity index (χ0) is 16.9. The van der Waals surface area contributed by atoms with E-state index in [0.29, 0.717) is 6.42 Å². The van der Waals surface area contributed by atoms with Crippen LogP contribution in [0.4, 0.5) is 0 Å². The largest absolute Gasteiger partial charge is 0.412 e. The Kier molecular flexibility index (Phi) is 5.50. The van der Waals surface area contributed by atoms with Crippen LogP contribution in [0.5, 0.6) is 0 Å². The monoisotopic (exact) mass is 359 g/mol. The molecule has 0 aliphatic carbocycles. The topological polar surface area (TPSA) is 119 Å². The molecular formula is C13H17N3O5S2. The average molecular weight is 359 g/mol. The van der Waals surface area contributed by atoms with E-state index in [1.807, 2.05) is 30.3 Å². The SMILES string of the molecule is CS(=O)(=O)c1nnc(CCNS(=O)(=O)CCc2ccccc2)o1. The van der Waals surface area contributed by atoms with Crippen molar-refractivity contribution < 1.29 is 21.3 Å². The normalized spacial score (nSPS) is 12.4.